The number of hydrogen-bond donors (Lipinski definition) is 1. The van der Waals surface area contributed by atoms with E-state index in [0.29, 0.717) is 31.8 Å². The summed E-state index contributed by atoms with van der Waals surface area (Å²) in [4.78, 5) is 40.8. The fourth-order valence-corrected chi connectivity index (χ4v) is 7.72. The topological polar surface area (TPSA) is 294 Å². The van der Waals surface area contributed by atoms with E-state index < -0.39 is 60.7 Å². The molecular weight excluding hydrogens is 1000 g/mol. The highest BCUT2D eigenvalue weighted by Crippen LogP contribution is 2.33. The number of likely N-dealkylation sites (tertiary alicyclic amines) is 1. The number of hydrogen-bond acceptors (Lipinski definition) is 16. The standard InChI is InChI=1S/C11H24NO2.C10H22N.C10H14O3S.C9H18O5S.C4H11O4P.C4H10O3S/c1-7-11(2,3)10(13)14-9-8-12(4,5)6;1-5-9-7-11(3,4)8-10(9)6-2;1-3-8(2)9-4-6-10(7-5-9)14(11,12)13;1-4-9(2,3)8(10)14-6-5-7-15(11,12)13;1-3-4(2)8-9(5,6)7;1-3-4(2)8(5,6)7/h7-9H2,1-6H3;9-10H,5-8H2,1-4H3;4-8H,3H2,1-2H3,(H,11,12,13);4-7H2,1-3H3,(H,11,12,13);4H,3H2,1-2H3,(H2,5,6,7);4H,3H2,1-2H3,(H,5,6,7)/q2*+1;;;;/p-4. The van der Waals surface area contributed by atoms with Gasteiger partial charge in [0, 0.05) is 22.8 Å². The van der Waals surface area contributed by atoms with Crippen molar-refractivity contribution < 1.29 is 85.8 Å². The predicted molar refractivity (Wildman–Crippen MR) is 275 cm³/mol. The molecule has 0 amide bonds. The largest absolute Gasteiger partial charge is 0.756 e. The molecule has 71 heavy (non-hydrogen) atoms. The van der Waals surface area contributed by atoms with E-state index in [-0.39, 0.29) is 35.3 Å². The van der Waals surface area contributed by atoms with E-state index >= 15 is 0 Å². The van der Waals surface area contributed by atoms with E-state index in [1.807, 2.05) is 27.7 Å². The first-order chi connectivity index (χ1) is 31.8. The Balaban J connectivity index is -0.000000384. The molecule has 1 aliphatic rings. The monoisotopic (exact) mass is 1100 g/mol. The molecule has 1 saturated heterocycles. The molecule has 1 aliphatic heterocycles. The number of phosphoric acid groups is 1. The van der Waals surface area contributed by atoms with Crippen LogP contribution < -0.4 is 4.89 Å². The molecule has 0 saturated carbocycles. The van der Waals surface area contributed by atoms with Gasteiger partial charge in [-0.05, 0) is 117 Å². The Morgan fingerprint density at radius 2 is 1.15 bits per heavy atom. The van der Waals surface area contributed by atoms with Crippen molar-refractivity contribution in [1.29, 1.82) is 0 Å². The number of esters is 2. The molecule has 0 radical (unpaired) electrons. The normalized spacial score (nSPS) is 17.9. The zero-order chi connectivity index (χ0) is 57.0. The molecule has 424 valence electrons. The van der Waals surface area contributed by atoms with Gasteiger partial charge < -0.3 is 46.4 Å². The molecule has 6 unspecified atom stereocenters. The maximum absolute atomic E-state index is 11.6. The molecule has 1 fully saturated rings. The Morgan fingerprint density at radius 3 is 1.41 bits per heavy atom. The summed E-state index contributed by atoms with van der Waals surface area (Å²) in [5.74, 6) is 1.43. The van der Waals surface area contributed by atoms with E-state index in [2.05, 4.69) is 67.5 Å². The van der Waals surface area contributed by atoms with E-state index in [1.54, 1.807) is 46.8 Å². The Hall–Kier alpha value is -2.08. The van der Waals surface area contributed by atoms with E-state index in [9.17, 15) is 58.0 Å². The van der Waals surface area contributed by atoms with Gasteiger partial charge in [-0.15, -0.1) is 0 Å². The lowest BCUT2D eigenvalue weighted by atomic mass is 9.91. The number of nitrogens with zero attached hydrogens (tertiary/aromatic N) is 2. The van der Waals surface area contributed by atoms with Crippen molar-refractivity contribution >= 4 is 50.1 Å². The lowest BCUT2D eigenvalue weighted by Gasteiger charge is -2.25. The lowest BCUT2D eigenvalue weighted by Crippen LogP contribution is -2.39. The van der Waals surface area contributed by atoms with Crippen molar-refractivity contribution in [2.45, 2.75) is 170 Å². The number of benzene rings is 1. The Bertz CT molecular complexity index is 2000. The minimum Gasteiger partial charge on any atom is -0.756 e. The molecule has 0 aromatic heterocycles. The second-order valence-electron chi connectivity index (χ2n) is 20.9. The van der Waals surface area contributed by atoms with Gasteiger partial charge in [-0.25, -0.2) is 25.3 Å². The van der Waals surface area contributed by atoms with Crippen LogP contribution >= 0.6 is 7.82 Å². The van der Waals surface area contributed by atoms with Crippen LogP contribution in [0.5, 0.6) is 0 Å². The number of rotatable bonds is 21. The Kier molecular flexibility index (Phi) is 36.6. The summed E-state index contributed by atoms with van der Waals surface area (Å²) < 4.78 is 119. The summed E-state index contributed by atoms with van der Waals surface area (Å²) in [5.41, 5.74) is 0.154. The second-order valence-corrected chi connectivity index (χ2v) is 26.7. The highest BCUT2D eigenvalue weighted by atomic mass is 32.2. The maximum Gasteiger partial charge on any atom is 0.311 e. The van der Waals surface area contributed by atoms with E-state index in [0.717, 1.165) is 41.3 Å². The first-order valence-corrected chi connectivity index (χ1v) is 30.4. The van der Waals surface area contributed by atoms with Crippen LogP contribution in [0.2, 0.25) is 0 Å². The van der Waals surface area contributed by atoms with Crippen molar-refractivity contribution in [2.24, 2.45) is 22.7 Å². The molecule has 1 heterocycles. The Morgan fingerprint density at radius 1 is 0.746 bits per heavy atom. The minimum atomic E-state index is -4.49. The third kappa shape index (κ3) is 40.0. The van der Waals surface area contributed by atoms with Crippen molar-refractivity contribution in [1.82, 2.24) is 0 Å². The van der Waals surface area contributed by atoms with Gasteiger partial charge in [0.15, 0.2) is 0 Å². The van der Waals surface area contributed by atoms with Crippen LogP contribution in [0.4, 0.5) is 0 Å². The average Bonchev–Trinajstić information content (AvgIpc) is 3.56. The van der Waals surface area contributed by atoms with Gasteiger partial charge in [0.1, 0.15) is 23.3 Å². The zero-order valence-corrected chi connectivity index (χ0v) is 50.0. The summed E-state index contributed by atoms with van der Waals surface area (Å²) in [6.07, 6.45) is 5.78. The average molecular weight is 1100 g/mol. The van der Waals surface area contributed by atoms with Crippen LogP contribution in [0.15, 0.2) is 29.2 Å². The maximum atomic E-state index is 11.6. The zero-order valence-electron chi connectivity index (χ0n) is 46.6. The highest BCUT2D eigenvalue weighted by Gasteiger charge is 2.37. The van der Waals surface area contributed by atoms with E-state index in [4.69, 9.17) is 14.4 Å². The molecular formula is C48H95N2O17PS3-2. The smallest absolute Gasteiger partial charge is 0.311 e. The quantitative estimate of drug-likeness (QED) is 0.0412. The van der Waals surface area contributed by atoms with Crippen LogP contribution in [0.25, 0.3) is 0 Å². The number of carbonyl (C=O) groups is 2. The van der Waals surface area contributed by atoms with Crippen molar-refractivity contribution in [2.75, 3.05) is 73.8 Å². The van der Waals surface area contributed by atoms with Crippen molar-refractivity contribution in [3.63, 3.8) is 0 Å². The molecule has 6 atom stereocenters. The minimum absolute atomic E-state index is 0.0241. The fourth-order valence-electron chi connectivity index (χ4n) is 5.76. The number of likely N-dealkylation sites (N-methyl/N-ethyl adjacent to an activating group) is 1. The van der Waals surface area contributed by atoms with Crippen molar-refractivity contribution in [3.05, 3.63) is 29.8 Å². The lowest BCUT2D eigenvalue weighted by molar-refractivity contribution is -0.880. The summed E-state index contributed by atoms with van der Waals surface area (Å²) in [6.45, 7) is 30.5. The highest BCUT2D eigenvalue weighted by molar-refractivity contribution is 7.86. The van der Waals surface area contributed by atoms with Crippen LogP contribution in [0.1, 0.15) is 160 Å². The van der Waals surface area contributed by atoms with Gasteiger partial charge in [0.2, 0.25) is 0 Å². The van der Waals surface area contributed by atoms with Gasteiger partial charge >= 0.3 is 11.9 Å². The number of ether oxygens (including phenoxy) is 2. The third-order valence-corrected chi connectivity index (χ3v) is 15.7. The molecule has 0 spiro atoms. The molecule has 23 heteroatoms. The molecule has 1 aromatic carbocycles. The van der Waals surface area contributed by atoms with Gasteiger partial charge in [0.05, 0.1) is 97.0 Å². The van der Waals surface area contributed by atoms with Crippen molar-refractivity contribution in [3.8, 4) is 0 Å². The Labute approximate surface area is 430 Å². The second kappa shape index (κ2) is 34.5. The van der Waals surface area contributed by atoms with Crippen LogP contribution in [-0.2, 0) is 58.5 Å². The molecule has 2 rings (SSSR count). The SMILES string of the molecule is CCC(C)(C)C(=O)OCCCS(=O)(=O)[O-].CCC(C)(C)C(=O)OCC[N+](C)(C)C.CCC(C)OP(=O)([O-])O.CCC(C)S(=O)(=O)[O-].CCC(C)c1ccc(S(=O)(=O)[O-])cc1.CCC1C[N+](C)(C)CC1CC. The summed E-state index contributed by atoms with van der Waals surface area (Å²) in [6, 6.07) is 6.12. The van der Waals surface area contributed by atoms with E-state index in [1.165, 1.54) is 49.5 Å². The van der Waals surface area contributed by atoms with Gasteiger partial charge in [-0.1, -0.05) is 67.5 Å². The number of quaternary nitrogens is 2. The van der Waals surface area contributed by atoms with Gasteiger partial charge in [0.25, 0.3) is 7.82 Å². The molecule has 0 aliphatic carbocycles. The van der Waals surface area contributed by atoms with Gasteiger partial charge in [-0.2, -0.15) is 0 Å². The molecule has 0 bridgehead atoms. The number of phosphoric ester groups is 1. The third-order valence-electron chi connectivity index (χ3n) is 12.1. The molecule has 1 N–H and O–H groups in total. The summed E-state index contributed by atoms with van der Waals surface area (Å²) in [5, 5.41) is -0.734. The molecule has 1 aromatic rings. The van der Waals surface area contributed by atoms with Crippen LogP contribution in [-0.4, -0.2) is 150 Å². The first-order valence-electron chi connectivity index (χ1n) is 24.5. The number of carbonyl (C=O) groups excluding carboxylic acids is 2. The first kappa shape index (κ1) is 75.4. The molecule has 19 nitrogen and oxygen atoms in total. The fraction of sp³-hybridized carbons (Fsp3) is 0.833. The predicted octanol–water partition coefficient (Wildman–Crippen LogP) is 7.40. The van der Waals surface area contributed by atoms with Gasteiger partial charge in [-0.3, -0.25) is 14.2 Å². The van der Waals surface area contributed by atoms with Crippen LogP contribution in [0.3, 0.4) is 0 Å². The van der Waals surface area contributed by atoms with Crippen LogP contribution in [0, 0.1) is 22.7 Å². The summed E-state index contributed by atoms with van der Waals surface area (Å²) in [7, 11) is -6.03. The summed E-state index contributed by atoms with van der Waals surface area (Å²) >= 11 is 0.